The van der Waals surface area contributed by atoms with Gasteiger partial charge in [-0.25, -0.2) is 0 Å². The lowest BCUT2D eigenvalue weighted by Crippen LogP contribution is -2.07. The summed E-state index contributed by atoms with van der Waals surface area (Å²) in [6, 6.07) is 0. The Morgan fingerprint density at radius 2 is 1.00 bits per heavy atom. The maximum atomic E-state index is 4.31. The minimum Gasteiger partial charge on any atom is -0.155 e. The lowest BCUT2D eigenvalue weighted by Gasteiger charge is -2.14. The third kappa shape index (κ3) is 1.94. The average molecular weight is 192 g/mol. The highest BCUT2D eigenvalue weighted by atomic mass is 15.1. The van der Waals surface area contributed by atoms with Gasteiger partial charge in [-0.05, 0) is 36.8 Å². The molecule has 0 aromatic carbocycles. The van der Waals surface area contributed by atoms with Gasteiger partial charge < -0.3 is 0 Å². The van der Waals surface area contributed by atoms with Gasteiger partial charge in [-0.15, -0.1) is 0 Å². The zero-order chi connectivity index (χ0) is 10.9. The van der Waals surface area contributed by atoms with Gasteiger partial charge in [0.05, 0.1) is 11.4 Å². The number of hydrogen-bond donors (Lipinski definition) is 0. The molecule has 1 aromatic heterocycles. The van der Waals surface area contributed by atoms with Gasteiger partial charge in [-0.3, -0.25) is 0 Å². The van der Waals surface area contributed by atoms with Crippen molar-refractivity contribution < 1.29 is 0 Å². The van der Waals surface area contributed by atoms with Crippen molar-refractivity contribution in [1.29, 1.82) is 0 Å². The van der Waals surface area contributed by atoms with Crippen LogP contribution < -0.4 is 0 Å². The molecule has 2 nitrogen and oxygen atoms in total. The molecule has 0 aliphatic rings. The summed E-state index contributed by atoms with van der Waals surface area (Å²) in [5.41, 5.74) is 4.87. The Kier molecular flexibility index (Phi) is 3.25. The van der Waals surface area contributed by atoms with E-state index < -0.39 is 0 Å². The molecule has 14 heavy (non-hydrogen) atoms. The first kappa shape index (κ1) is 11.2. The predicted octanol–water partition coefficient (Wildman–Crippen LogP) is 3.34. The van der Waals surface area contributed by atoms with Gasteiger partial charge in [0, 0.05) is 0 Å². The Morgan fingerprint density at radius 1 is 0.714 bits per heavy atom. The summed E-state index contributed by atoms with van der Waals surface area (Å²) in [5.74, 6) is 0.921. The van der Waals surface area contributed by atoms with Crippen LogP contribution in [-0.2, 0) is 0 Å². The molecule has 0 atom stereocenters. The summed E-state index contributed by atoms with van der Waals surface area (Å²) < 4.78 is 0. The summed E-state index contributed by atoms with van der Waals surface area (Å²) >= 11 is 0. The third-order valence-corrected chi connectivity index (χ3v) is 2.69. The molecule has 0 fully saturated rings. The predicted molar refractivity (Wildman–Crippen MR) is 59.7 cm³/mol. The molecule has 1 aromatic rings. The topological polar surface area (TPSA) is 25.8 Å². The van der Waals surface area contributed by atoms with Gasteiger partial charge in [0.2, 0.25) is 0 Å². The van der Waals surface area contributed by atoms with Crippen molar-refractivity contribution in [3.05, 3.63) is 22.5 Å². The molecular formula is C12H20N2. The van der Waals surface area contributed by atoms with E-state index in [1.54, 1.807) is 0 Å². The van der Waals surface area contributed by atoms with Crippen molar-refractivity contribution in [3.8, 4) is 0 Å². The average Bonchev–Trinajstić information content (AvgIpc) is 2.08. The third-order valence-electron chi connectivity index (χ3n) is 2.69. The quantitative estimate of drug-likeness (QED) is 0.718. The lowest BCUT2D eigenvalue weighted by molar-refractivity contribution is 0.714. The van der Waals surface area contributed by atoms with Crippen molar-refractivity contribution in [2.45, 2.75) is 53.4 Å². The van der Waals surface area contributed by atoms with E-state index >= 15 is 0 Å². The molecule has 0 aliphatic heterocycles. The Bertz CT molecular complexity index is 294. The van der Waals surface area contributed by atoms with E-state index in [9.17, 15) is 0 Å². The van der Waals surface area contributed by atoms with Gasteiger partial charge in [0.1, 0.15) is 0 Å². The number of rotatable bonds is 2. The smallest absolute Gasteiger partial charge is 0.0688 e. The lowest BCUT2D eigenvalue weighted by atomic mass is 9.97. The van der Waals surface area contributed by atoms with Crippen LogP contribution in [0, 0.1) is 13.8 Å². The number of nitrogens with zero attached hydrogens (tertiary/aromatic N) is 2. The van der Waals surface area contributed by atoms with E-state index in [4.69, 9.17) is 0 Å². The molecule has 1 rings (SSSR count). The van der Waals surface area contributed by atoms with Crippen molar-refractivity contribution in [2.75, 3.05) is 0 Å². The minimum atomic E-state index is 0.461. The molecule has 0 N–H and O–H groups in total. The largest absolute Gasteiger partial charge is 0.155 e. The Labute approximate surface area is 86.8 Å². The van der Waals surface area contributed by atoms with Crippen LogP contribution in [0.25, 0.3) is 0 Å². The molecule has 0 aliphatic carbocycles. The molecule has 2 heteroatoms. The van der Waals surface area contributed by atoms with Crippen LogP contribution in [0.1, 0.15) is 62.0 Å². The molecule has 0 amide bonds. The number of hydrogen-bond acceptors (Lipinski definition) is 2. The molecule has 0 bridgehead atoms. The molecule has 0 radical (unpaired) electrons. The molecular weight excluding hydrogens is 172 g/mol. The fourth-order valence-corrected chi connectivity index (χ4v) is 1.74. The molecule has 0 saturated heterocycles. The standard InChI is InChI=1S/C12H20N2/c1-7(2)11-9(5)10(6)12(8(3)4)14-13-11/h7-8H,1-6H3. The van der Waals surface area contributed by atoms with Crippen molar-refractivity contribution in [2.24, 2.45) is 0 Å². The second-order valence-electron chi connectivity index (χ2n) is 4.53. The first-order chi connectivity index (χ1) is 6.45. The van der Waals surface area contributed by atoms with E-state index in [0.29, 0.717) is 11.8 Å². The van der Waals surface area contributed by atoms with Crippen LogP contribution in [0.5, 0.6) is 0 Å². The molecule has 0 saturated carbocycles. The Morgan fingerprint density at radius 3 is 1.21 bits per heavy atom. The zero-order valence-electron chi connectivity index (χ0n) is 10.0. The summed E-state index contributed by atoms with van der Waals surface area (Å²) in [6.45, 7) is 12.9. The monoisotopic (exact) mass is 192 g/mol. The van der Waals surface area contributed by atoms with E-state index in [1.165, 1.54) is 11.1 Å². The van der Waals surface area contributed by atoms with Gasteiger partial charge in [0.15, 0.2) is 0 Å². The SMILES string of the molecule is Cc1c(C(C)C)nnc(C(C)C)c1C. The van der Waals surface area contributed by atoms with Crippen LogP contribution in [0.2, 0.25) is 0 Å². The second-order valence-corrected chi connectivity index (χ2v) is 4.53. The number of aromatic nitrogens is 2. The van der Waals surface area contributed by atoms with Crippen LogP contribution in [0.3, 0.4) is 0 Å². The van der Waals surface area contributed by atoms with Gasteiger partial charge in [0.25, 0.3) is 0 Å². The molecule has 78 valence electrons. The van der Waals surface area contributed by atoms with E-state index in [0.717, 1.165) is 11.4 Å². The van der Waals surface area contributed by atoms with Crippen LogP contribution >= 0.6 is 0 Å². The Balaban J connectivity index is 3.26. The second kappa shape index (κ2) is 4.07. The van der Waals surface area contributed by atoms with Crippen molar-refractivity contribution in [1.82, 2.24) is 10.2 Å². The zero-order valence-corrected chi connectivity index (χ0v) is 10.0. The maximum absolute atomic E-state index is 4.31. The molecule has 0 unspecified atom stereocenters. The first-order valence-corrected chi connectivity index (χ1v) is 5.28. The van der Waals surface area contributed by atoms with Crippen LogP contribution in [-0.4, -0.2) is 10.2 Å². The highest BCUT2D eigenvalue weighted by Crippen LogP contribution is 2.23. The van der Waals surface area contributed by atoms with Crippen molar-refractivity contribution >= 4 is 0 Å². The highest BCUT2D eigenvalue weighted by molar-refractivity contribution is 5.33. The van der Waals surface area contributed by atoms with Gasteiger partial charge in [-0.1, -0.05) is 27.7 Å². The summed E-state index contributed by atoms with van der Waals surface area (Å²) in [5, 5.41) is 8.62. The Hall–Kier alpha value is -0.920. The summed E-state index contributed by atoms with van der Waals surface area (Å²) in [6.07, 6.45) is 0. The maximum Gasteiger partial charge on any atom is 0.0688 e. The normalized spacial score (nSPS) is 11.4. The van der Waals surface area contributed by atoms with E-state index in [2.05, 4.69) is 51.7 Å². The van der Waals surface area contributed by atoms with Crippen LogP contribution in [0.4, 0.5) is 0 Å². The van der Waals surface area contributed by atoms with Crippen LogP contribution in [0.15, 0.2) is 0 Å². The highest BCUT2D eigenvalue weighted by Gasteiger charge is 2.13. The minimum absolute atomic E-state index is 0.461. The molecule has 0 spiro atoms. The fourth-order valence-electron chi connectivity index (χ4n) is 1.74. The van der Waals surface area contributed by atoms with Gasteiger partial charge in [-0.2, -0.15) is 10.2 Å². The van der Waals surface area contributed by atoms with Gasteiger partial charge >= 0.3 is 0 Å². The first-order valence-electron chi connectivity index (χ1n) is 5.28. The summed E-state index contributed by atoms with van der Waals surface area (Å²) in [7, 11) is 0. The fraction of sp³-hybridized carbons (Fsp3) is 0.667. The van der Waals surface area contributed by atoms with E-state index in [1.807, 2.05) is 0 Å². The summed E-state index contributed by atoms with van der Waals surface area (Å²) in [4.78, 5) is 0. The van der Waals surface area contributed by atoms with E-state index in [-0.39, 0.29) is 0 Å². The molecule has 1 heterocycles. The van der Waals surface area contributed by atoms with Crippen molar-refractivity contribution in [3.63, 3.8) is 0 Å².